The van der Waals surface area contributed by atoms with Gasteiger partial charge in [0.25, 0.3) is 0 Å². The highest BCUT2D eigenvalue weighted by molar-refractivity contribution is 5.43. The highest BCUT2D eigenvalue weighted by Crippen LogP contribution is 2.10. The van der Waals surface area contributed by atoms with Crippen LogP contribution in [0.25, 0.3) is 0 Å². The summed E-state index contributed by atoms with van der Waals surface area (Å²) in [6.07, 6.45) is 1.75. The van der Waals surface area contributed by atoms with Crippen molar-refractivity contribution in [2.75, 3.05) is 25.0 Å². The van der Waals surface area contributed by atoms with Crippen molar-refractivity contribution in [3.63, 3.8) is 0 Å². The van der Waals surface area contributed by atoms with E-state index in [2.05, 4.69) is 22.5 Å². The molecule has 0 aliphatic heterocycles. The quantitative estimate of drug-likeness (QED) is 0.622. The molecule has 1 aromatic rings. The zero-order chi connectivity index (χ0) is 10.2. The third-order valence-electron chi connectivity index (χ3n) is 1.86. The van der Waals surface area contributed by atoms with Crippen molar-refractivity contribution < 1.29 is 5.11 Å². The molecular formula is C10H17N3O. The van der Waals surface area contributed by atoms with E-state index in [0.29, 0.717) is 6.54 Å². The van der Waals surface area contributed by atoms with Crippen LogP contribution in [0.5, 0.6) is 0 Å². The van der Waals surface area contributed by atoms with Crippen LogP contribution in [-0.2, 0) is 6.54 Å². The third kappa shape index (κ3) is 3.32. The van der Waals surface area contributed by atoms with Gasteiger partial charge in [-0.15, -0.1) is 0 Å². The molecule has 4 heteroatoms. The number of nitrogens with zero attached hydrogens (tertiary/aromatic N) is 1. The standard InChI is InChI=1S/C10H17N3O/c1-2-11-8-9-4-3-5-12-10(9)13-6-7-14/h3-5,11,14H,2,6-8H2,1H3,(H,12,13). The molecule has 0 fully saturated rings. The molecule has 1 rings (SSSR count). The minimum atomic E-state index is 0.122. The van der Waals surface area contributed by atoms with Crippen molar-refractivity contribution in [2.45, 2.75) is 13.5 Å². The molecule has 0 saturated heterocycles. The molecule has 78 valence electrons. The van der Waals surface area contributed by atoms with Crippen molar-refractivity contribution in [2.24, 2.45) is 0 Å². The SMILES string of the molecule is CCNCc1cccnc1NCCO. The molecule has 0 aliphatic carbocycles. The van der Waals surface area contributed by atoms with Crippen LogP contribution in [0.3, 0.4) is 0 Å². The van der Waals surface area contributed by atoms with Gasteiger partial charge in [-0.1, -0.05) is 13.0 Å². The number of anilines is 1. The largest absolute Gasteiger partial charge is 0.395 e. The summed E-state index contributed by atoms with van der Waals surface area (Å²) < 4.78 is 0. The van der Waals surface area contributed by atoms with Crippen molar-refractivity contribution in [1.29, 1.82) is 0 Å². The van der Waals surface area contributed by atoms with Gasteiger partial charge in [-0.05, 0) is 12.6 Å². The van der Waals surface area contributed by atoms with Crippen molar-refractivity contribution in [1.82, 2.24) is 10.3 Å². The van der Waals surface area contributed by atoms with Crippen molar-refractivity contribution in [3.8, 4) is 0 Å². The number of hydrogen-bond donors (Lipinski definition) is 3. The van der Waals surface area contributed by atoms with E-state index in [4.69, 9.17) is 5.11 Å². The highest BCUT2D eigenvalue weighted by Gasteiger charge is 2.00. The molecule has 3 N–H and O–H groups in total. The number of pyridine rings is 1. The van der Waals surface area contributed by atoms with Crippen molar-refractivity contribution >= 4 is 5.82 Å². The van der Waals surface area contributed by atoms with Crippen LogP contribution in [0, 0.1) is 0 Å². The molecule has 0 saturated carbocycles. The van der Waals surface area contributed by atoms with E-state index < -0.39 is 0 Å². The average Bonchev–Trinajstić information content (AvgIpc) is 2.24. The molecule has 0 spiro atoms. The molecule has 0 aromatic carbocycles. The molecule has 1 aromatic heterocycles. The number of aliphatic hydroxyl groups excluding tert-OH is 1. The summed E-state index contributed by atoms with van der Waals surface area (Å²) in [5.74, 6) is 0.850. The fraction of sp³-hybridized carbons (Fsp3) is 0.500. The van der Waals surface area contributed by atoms with E-state index in [9.17, 15) is 0 Å². The minimum Gasteiger partial charge on any atom is -0.395 e. The maximum absolute atomic E-state index is 8.69. The van der Waals surface area contributed by atoms with Gasteiger partial charge in [0.15, 0.2) is 0 Å². The predicted octanol–water partition coefficient (Wildman–Crippen LogP) is 0.595. The van der Waals surface area contributed by atoms with Crippen LogP contribution in [-0.4, -0.2) is 29.8 Å². The summed E-state index contributed by atoms with van der Waals surface area (Å²) in [5.41, 5.74) is 1.13. The number of rotatable bonds is 6. The Kier molecular flexibility index (Phi) is 4.96. The first-order valence-electron chi connectivity index (χ1n) is 4.87. The van der Waals surface area contributed by atoms with E-state index in [-0.39, 0.29) is 6.61 Å². The summed E-state index contributed by atoms with van der Waals surface area (Å²) in [6.45, 7) is 4.47. The van der Waals surface area contributed by atoms with Crippen LogP contribution >= 0.6 is 0 Å². The zero-order valence-corrected chi connectivity index (χ0v) is 8.45. The molecular weight excluding hydrogens is 178 g/mol. The maximum atomic E-state index is 8.69. The molecule has 0 atom stereocenters. The van der Waals surface area contributed by atoms with E-state index in [1.165, 1.54) is 0 Å². The highest BCUT2D eigenvalue weighted by atomic mass is 16.3. The lowest BCUT2D eigenvalue weighted by Crippen LogP contribution is -2.15. The molecule has 1 heterocycles. The van der Waals surface area contributed by atoms with E-state index in [0.717, 1.165) is 24.5 Å². The lowest BCUT2D eigenvalue weighted by atomic mass is 10.2. The van der Waals surface area contributed by atoms with E-state index >= 15 is 0 Å². The Morgan fingerprint density at radius 3 is 3.07 bits per heavy atom. The summed E-state index contributed by atoms with van der Waals surface area (Å²) >= 11 is 0. The fourth-order valence-electron chi connectivity index (χ4n) is 1.17. The topological polar surface area (TPSA) is 57.2 Å². The van der Waals surface area contributed by atoms with Gasteiger partial charge >= 0.3 is 0 Å². The Balaban J connectivity index is 2.60. The summed E-state index contributed by atoms with van der Waals surface area (Å²) in [7, 11) is 0. The number of nitrogens with one attached hydrogen (secondary N) is 2. The van der Waals surface area contributed by atoms with E-state index in [1.807, 2.05) is 12.1 Å². The summed E-state index contributed by atoms with van der Waals surface area (Å²) in [6, 6.07) is 3.94. The number of hydrogen-bond acceptors (Lipinski definition) is 4. The second kappa shape index (κ2) is 6.34. The van der Waals surface area contributed by atoms with Gasteiger partial charge in [-0.25, -0.2) is 4.98 Å². The van der Waals surface area contributed by atoms with Crippen molar-refractivity contribution in [3.05, 3.63) is 23.9 Å². The van der Waals surface area contributed by atoms with E-state index in [1.54, 1.807) is 6.20 Å². The van der Waals surface area contributed by atoms with Gasteiger partial charge in [0.05, 0.1) is 6.61 Å². The van der Waals surface area contributed by atoms with Crippen LogP contribution < -0.4 is 10.6 Å². The maximum Gasteiger partial charge on any atom is 0.130 e. The van der Waals surface area contributed by atoms with Gasteiger partial charge < -0.3 is 15.7 Å². The normalized spacial score (nSPS) is 10.1. The third-order valence-corrected chi connectivity index (χ3v) is 1.86. The first-order valence-corrected chi connectivity index (χ1v) is 4.87. The Morgan fingerprint density at radius 1 is 1.50 bits per heavy atom. The smallest absolute Gasteiger partial charge is 0.130 e. The Labute approximate surface area is 84.4 Å². The lowest BCUT2D eigenvalue weighted by Gasteiger charge is -2.09. The Hall–Kier alpha value is -1.13. The zero-order valence-electron chi connectivity index (χ0n) is 8.45. The Bertz CT molecular complexity index is 238. The number of aromatic nitrogens is 1. The van der Waals surface area contributed by atoms with Crippen LogP contribution in [0.2, 0.25) is 0 Å². The average molecular weight is 195 g/mol. The second-order valence-corrected chi connectivity index (χ2v) is 2.94. The van der Waals surface area contributed by atoms with Crippen LogP contribution in [0.4, 0.5) is 5.82 Å². The molecule has 0 bridgehead atoms. The molecule has 0 unspecified atom stereocenters. The van der Waals surface area contributed by atoms with Gasteiger partial charge in [0, 0.05) is 24.8 Å². The first-order chi connectivity index (χ1) is 6.88. The monoisotopic (exact) mass is 195 g/mol. The van der Waals surface area contributed by atoms with Gasteiger partial charge in [0.2, 0.25) is 0 Å². The molecule has 0 amide bonds. The van der Waals surface area contributed by atoms with Crippen LogP contribution in [0.1, 0.15) is 12.5 Å². The molecule has 0 radical (unpaired) electrons. The minimum absolute atomic E-state index is 0.122. The molecule has 14 heavy (non-hydrogen) atoms. The second-order valence-electron chi connectivity index (χ2n) is 2.94. The molecule has 0 aliphatic rings. The summed E-state index contributed by atoms with van der Waals surface area (Å²) in [5, 5.41) is 15.0. The lowest BCUT2D eigenvalue weighted by molar-refractivity contribution is 0.311. The van der Waals surface area contributed by atoms with Gasteiger partial charge in [-0.3, -0.25) is 0 Å². The fourth-order valence-corrected chi connectivity index (χ4v) is 1.17. The van der Waals surface area contributed by atoms with Gasteiger partial charge in [-0.2, -0.15) is 0 Å². The molecule has 4 nitrogen and oxygen atoms in total. The van der Waals surface area contributed by atoms with Gasteiger partial charge in [0.1, 0.15) is 5.82 Å². The summed E-state index contributed by atoms with van der Waals surface area (Å²) in [4.78, 5) is 4.21. The first kappa shape index (κ1) is 10.9. The Morgan fingerprint density at radius 2 is 2.36 bits per heavy atom. The number of aliphatic hydroxyl groups is 1. The van der Waals surface area contributed by atoms with Crippen LogP contribution in [0.15, 0.2) is 18.3 Å². The predicted molar refractivity (Wildman–Crippen MR) is 57.2 cm³/mol.